The van der Waals surface area contributed by atoms with Gasteiger partial charge in [-0.2, -0.15) is 4.98 Å². The van der Waals surface area contributed by atoms with Gasteiger partial charge >= 0.3 is 0 Å². The van der Waals surface area contributed by atoms with Crippen molar-refractivity contribution < 1.29 is 0 Å². The Labute approximate surface area is 106 Å². The van der Waals surface area contributed by atoms with E-state index >= 15 is 0 Å². The van der Waals surface area contributed by atoms with E-state index < -0.39 is 0 Å². The molecule has 0 aliphatic carbocycles. The highest BCUT2D eigenvalue weighted by Gasteiger charge is 2.03. The minimum atomic E-state index is 0.227. The fourth-order valence-corrected chi connectivity index (χ4v) is 1.67. The standard InChI is InChI=1S/C9H9BrClN5/c10-7-4-14-9(11)16-8(7)13-2-1-6-3-12-5-15-6/h3-5H,1-2H2,(H,12,15)(H,13,14,16). The molecule has 0 aliphatic heterocycles. The van der Waals surface area contributed by atoms with E-state index in [0.717, 1.165) is 23.1 Å². The lowest BCUT2D eigenvalue weighted by molar-refractivity contribution is 0.962. The molecule has 5 nitrogen and oxygen atoms in total. The van der Waals surface area contributed by atoms with Crippen molar-refractivity contribution in [2.45, 2.75) is 6.42 Å². The van der Waals surface area contributed by atoms with E-state index in [1.807, 2.05) is 6.20 Å². The number of nitrogens with one attached hydrogen (secondary N) is 2. The van der Waals surface area contributed by atoms with Crippen molar-refractivity contribution in [1.29, 1.82) is 0 Å². The van der Waals surface area contributed by atoms with E-state index in [0.29, 0.717) is 5.82 Å². The van der Waals surface area contributed by atoms with Crippen molar-refractivity contribution in [1.82, 2.24) is 19.9 Å². The lowest BCUT2D eigenvalue weighted by Gasteiger charge is -2.05. The number of imidazole rings is 1. The van der Waals surface area contributed by atoms with E-state index in [4.69, 9.17) is 11.6 Å². The third-order valence-electron chi connectivity index (χ3n) is 1.94. The SMILES string of the molecule is Clc1ncc(Br)c(NCCc2c[nH]cn2)n1. The van der Waals surface area contributed by atoms with Crippen LogP contribution in [0.4, 0.5) is 5.82 Å². The summed E-state index contributed by atoms with van der Waals surface area (Å²) in [5.41, 5.74) is 1.00. The van der Waals surface area contributed by atoms with E-state index in [1.54, 1.807) is 12.5 Å². The van der Waals surface area contributed by atoms with Crippen LogP contribution in [-0.2, 0) is 6.42 Å². The van der Waals surface area contributed by atoms with Crippen LogP contribution in [0.5, 0.6) is 0 Å². The van der Waals surface area contributed by atoms with Gasteiger partial charge in [0.25, 0.3) is 0 Å². The minimum Gasteiger partial charge on any atom is -0.369 e. The molecular formula is C9H9BrClN5. The highest BCUT2D eigenvalue weighted by atomic mass is 79.9. The van der Waals surface area contributed by atoms with Gasteiger partial charge < -0.3 is 10.3 Å². The molecule has 0 aliphatic rings. The van der Waals surface area contributed by atoms with Crippen molar-refractivity contribution in [3.8, 4) is 0 Å². The monoisotopic (exact) mass is 301 g/mol. The van der Waals surface area contributed by atoms with Gasteiger partial charge in [0.1, 0.15) is 5.82 Å². The van der Waals surface area contributed by atoms with Crippen molar-refractivity contribution in [3.05, 3.63) is 34.2 Å². The first-order valence-corrected chi connectivity index (χ1v) is 5.82. The Morgan fingerprint density at radius 3 is 3.06 bits per heavy atom. The molecule has 0 bridgehead atoms. The molecule has 0 saturated heterocycles. The number of halogens is 2. The molecule has 0 radical (unpaired) electrons. The van der Waals surface area contributed by atoms with Crippen molar-refractivity contribution >= 4 is 33.3 Å². The smallest absolute Gasteiger partial charge is 0.224 e. The number of H-pyrrole nitrogens is 1. The molecule has 0 fully saturated rings. The van der Waals surface area contributed by atoms with Crippen LogP contribution in [0.15, 0.2) is 23.2 Å². The maximum absolute atomic E-state index is 5.69. The second-order valence-electron chi connectivity index (χ2n) is 3.07. The first-order valence-electron chi connectivity index (χ1n) is 4.65. The zero-order chi connectivity index (χ0) is 11.4. The summed E-state index contributed by atoms with van der Waals surface area (Å²) in [5, 5.41) is 3.38. The number of aromatic amines is 1. The van der Waals surface area contributed by atoms with Gasteiger partial charge in [-0.3, -0.25) is 0 Å². The van der Waals surface area contributed by atoms with Crippen LogP contribution < -0.4 is 5.32 Å². The van der Waals surface area contributed by atoms with E-state index in [-0.39, 0.29) is 5.28 Å². The Kier molecular flexibility index (Phi) is 3.74. The van der Waals surface area contributed by atoms with Gasteiger partial charge in [0.2, 0.25) is 5.28 Å². The van der Waals surface area contributed by atoms with Gasteiger partial charge in [0.05, 0.1) is 16.5 Å². The van der Waals surface area contributed by atoms with Crippen LogP contribution in [0.1, 0.15) is 5.69 Å². The summed E-state index contributed by atoms with van der Waals surface area (Å²) in [6.45, 7) is 0.733. The zero-order valence-corrected chi connectivity index (χ0v) is 10.6. The van der Waals surface area contributed by atoms with Crippen LogP contribution in [0.3, 0.4) is 0 Å². The number of aromatic nitrogens is 4. The van der Waals surface area contributed by atoms with Gasteiger partial charge in [-0.25, -0.2) is 9.97 Å². The molecule has 2 aromatic heterocycles. The molecule has 2 N–H and O–H groups in total. The van der Waals surface area contributed by atoms with Gasteiger partial charge in [-0.05, 0) is 27.5 Å². The van der Waals surface area contributed by atoms with Crippen LogP contribution in [0.25, 0.3) is 0 Å². The first kappa shape index (κ1) is 11.3. The molecule has 0 aromatic carbocycles. The Morgan fingerprint density at radius 1 is 1.44 bits per heavy atom. The number of hydrogen-bond acceptors (Lipinski definition) is 4. The summed E-state index contributed by atoms with van der Waals surface area (Å²) in [5.74, 6) is 0.690. The van der Waals surface area contributed by atoms with Gasteiger partial charge in [-0.1, -0.05) is 0 Å². The summed E-state index contributed by atoms with van der Waals surface area (Å²) >= 11 is 9.04. The predicted molar refractivity (Wildman–Crippen MR) is 65.5 cm³/mol. The molecule has 0 atom stereocenters. The lowest BCUT2D eigenvalue weighted by atomic mass is 10.3. The molecule has 0 spiro atoms. The summed E-state index contributed by atoms with van der Waals surface area (Å²) in [4.78, 5) is 14.9. The first-order chi connectivity index (χ1) is 7.75. The third kappa shape index (κ3) is 2.93. The average Bonchev–Trinajstić information content (AvgIpc) is 2.76. The second-order valence-corrected chi connectivity index (χ2v) is 4.27. The molecule has 2 heterocycles. The van der Waals surface area contributed by atoms with Crippen molar-refractivity contribution in [2.24, 2.45) is 0 Å². The van der Waals surface area contributed by atoms with Crippen LogP contribution in [0.2, 0.25) is 5.28 Å². The van der Waals surface area contributed by atoms with E-state index in [9.17, 15) is 0 Å². The molecule has 0 unspecified atom stereocenters. The Balaban J connectivity index is 1.92. The fraction of sp³-hybridized carbons (Fsp3) is 0.222. The topological polar surface area (TPSA) is 66.5 Å². The van der Waals surface area contributed by atoms with Gasteiger partial charge in [-0.15, -0.1) is 0 Å². The molecule has 0 amide bonds. The maximum atomic E-state index is 5.69. The summed E-state index contributed by atoms with van der Waals surface area (Å²) in [6, 6.07) is 0. The molecule has 84 valence electrons. The molecule has 16 heavy (non-hydrogen) atoms. The normalized spacial score (nSPS) is 10.4. The minimum absolute atomic E-state index is 0.227. The highest BCUT2D eigenvalue weighted by Crippen LogP contribution is 2.19. The van der Waals surface area contributed by atoms with Crippen molar-refractivity contribution in [3.63, 3.8) is 0 Å². The number of rotatable bonds is 4. The van der Waals surface area contributed by atoms with Gasteiger partial charge in [0.15, 0.2) is 0 Å². The quantitative estimate of drug-likeness (QED) is 0.850. The molecule has 2 rings (SSSR count). The number of hydrogen-bond donors (Lipinski definition) is 2. The van der Waals surface area contributed by atoms with Crippen LogP contribution >= 0.6 is 27.5 Å². The molecular weight excluding hydrogens is 293 g/mol. The Hall–Kier alpha value is -1.14. The average molecular weight is 303 g/mol. The highest BCUT2D eigenvalue weighted by molar-refractivity contribution is 9.10. The van der Waals surface area contributed by atoms with Crippen molar-refractivity contribution in [2.75, 3.05) is 11.9 Å². The Bertz CT molecular complexity index is 459. The largest absolute Gasteiger partial charge is 0.369 e. The molecule has 7 heteroatoms. The second kappa shape index (κ2) is 5.27. The number of anilines is 1. The molecule has 0 saturated carbocycles. The maximum Gasteiger partial charge on any atom is 0.224 e. The number of nitrogens with zero attached hydrogens (tertiary/aromatic N) is 3. The summed E-state index contributed by atoms with van der Waals surface area (Å²) < 4.78 is 0.791. The summed E-state index contributed by atoms with van der Waals surface area (Å²) in [6.07, 6.45) is 5.96. The summed E-state index contributed by atoms with van der Waals surface area (Å²) in [7, 11) is 0. The lowest BCUT2D eigenvalue weighted by Crippen LogP contribution is -2.07. The zero-order valence-electron chi connectivity index (χ0n) is 8.24. The van der Waals surface area contributed by atoms with Crippen LogP contribution in [-0.4, -0.2) is 26.5 Å². The van der Waals surface area contributed by atoms with E-state index in [2.05, 4.69) is 41.2 Å². The third-order valence-corrected chi connectivity index (χ3v) is 2.71. The van der Waals surface area contributed by atoms with Crippen LogP contribution in [0, 0.1) is 0 Å². The molecule has 2 aromatic rings. The Morgan fingerprint density at radius 2 is 2.31 bits per heavy atom. The fourth-order valence-electron chi connectivity index (χ4n) is 1.21. The van der Waals surface area contributed by atoms with Gasteiger partial charge in [0, 0.05) is 25.4 Å². The van der Waals surface area contributed by atoms with E-state index in [1.165, 1.54) is 0 Å². The predicted octanol–water partition coefficient (Wildman–Crippen LogP) is 2.27.